The van der Waals surface area contributed by atoms with Gasteiger partial charge in [-0.3, -0.25) is 14.4 Å². The zero-order valence-electron chi connectivity index (χ0n) is 9.06. The van der Waals surface area contributed by atoms with Crippen LogP contribution in [0.3, 0.4) is 0 Å². The number of aromatic nitrogens is 1. The summed E-state index contributed by atoms with van der Waals surface area (Å²) < 4.78 is 4.84. The molecule has 1 rings (SSSR count). The minimum absolute atomic E-state index is 0.0300. The van der Waals surface area contributed by atoms with Gasteiger partial charge in [-0.2, -0.15) is 0 Å². The Balaban J connectivity index is 2.33. The fourth-order valence-corrected chi connectivity index (χ4v) is 1.10. The number of pyridine rings is 1. The number of hydrogen-bond donors (Lipinski definition) is 3. The second-order valence-electron chi connectivity index (χ2n) is 3.20. The summed E-state index contributed by atoms with van der Waals surface area (Å²) in [6.45, 7) is 0.154. The zero-order chi connectivity index (χ0) is 12.7. The first kappa shape index (κ1) is 12.9. The van der Waals surface area contributed by atoms with Crippen LogP contribution in [0.5, 0.6) is 0 Å². The van der Waals surface area contributed by atoms with E-state index >= 15 is 0 Å². The predicted molar refractivity (Wildman–Crippen MR) is 59.4 cm³/mol. The van der Waals surface area contributed by atoms with Gasteiger partial charge in [-0.05, 0) is 0 Å². The second kappa shape index (κ2) is 6.44. The lowest BCUT2D eigenvalue weighted by Gasteiger charge is -2.04. The Morgan fingerprint density at radius 2 is 2.24 bits per heavy atom. The van der Waals surface area contributed by atoms with E-state index in [1.54, 1.807) is 0 Å². The molecule has 7 nitrogen and oxygen atoms in total. The van der Waals surface area contributed by atoms with Crippen molar-refractivity contribution in [1.29, 1.82) is 0 Å². The molecule has 0 aliphatic heterocycles. The van der Waals surface area contributed by atoms with E-state index in [2.05, 4.69) is 10.3 Å². The molecule has 0 spiro atoms. The number of ether oxygens (including phenoxy) is 1. The lowest BCUT2D eigenvalue weighted by atomic mass is 10.2. The molecule has 0 saturated heterocycles. The third-order valence-corrected chi connectivity index (χ3v) is 1.84. The standard InChI is InChI=1S/C10H13N3O4/c11-9(15)6-17-4-3-13-10(16)7-5-12-2-1-8(7)14/h1-2,5H,3-4,6H2,(H2,11,15)(H,12,14)(H,13,16). The first-order valence-corrected chi connectivity index (χ1v) is 4.92. The normalized spacial score (nSPS) is 9.88. The maximum absolute atomic E-state index is 11.5. The largest absolute Gasteiger partial charge is 0.370 e. The van der Waals surface area contributed by atoms with Crippen LogP contribution in [0.15, 0.2) is 23.3 Å². The van der Waals surface area contributed by atoms with E-state index in [0.29, 0.717) is 0 Å². The van der Waals surface area contributed by atoms with Gasteiger partial charge in [-0.25, -0.2) is 0 Å². The van der Waals surface area contributed by atoms with Crippen LogP contribution in [0.4, 0.5) is 0 Å². The zero-order valence-corrected chi connectivity index (χ0v) is 9.06. The molecule has 17 heavy (non-hydrogen) atoms. The van der Waals surface area contributed by atoms with Crippen molar-refractivity contribution in [3.8, 4) is 0 Å². The summed E-state index contributed by atoms with van der Waals surface area (Å²) in [7, 11) is 0. The SMILES string of the molecule is NC(=O)COCCNC(=O)c1c[nH]ccc1=O. The van der Waals surface area contributed by atoms with Crippen molar-refractivity contribution >= 4 is 11.8 Å². The highest BCUT2D eigenvalue weighted by Gasteiger charge is 2.08. The Hall–Kier alpha value is -2.15. The third-order valence-electron chi connectivity index (χ3n) is 1.84. The summed E-state index contributed by atoms with van der Waals surface area (Å²) in [4.78, 5) is 35.7. The maximum Gasteiger partial charge on any atom is 0.256 e. The molecule has 4 N–H and O–H groups in total. The number of aromatic amines is 1. The summed E-state index contributed by atoms with van der Waals surface area (Å²) >= 11 is 0. The molecule has 1 aromatic heterocycles. The molecule has 0 aromatic carbocycles. The number of H-pyrrole nitrogens is 1. The first-order valence-electron chi connectivity index (χ1n) is 4.92. The summed E-state index contributed by atoms with van der Waals surface area (Å²) in [6, 6.07) is 1.26. The number of carbonyl (C=O) groups excluding carboxylic acids is 2. The van der Waals surface area contributed by atoms with Crippen LogP contribution in [-0.2, 0) is 9.53 Å². The summed E-state index contributed by atoms with van der Waals surface area (Å²) in [5.41, 5.74) is 4.52. The fraction of sp³-hybridized carbons (Fsp3) is 0.300. The molecule has 7 heteroatoms. The van der Waals surface area contributed by atoms with Gasteiger partial charge < -0.3 is 20.8 Å². The number of primary amides is 1. The number of nitrogens with one attached hydrogen (secondary N) is 2. The Kier molecular flexibility index (Phi) is 4.89. The van der Waals surface area contributed by atoms with Gasteiger partial charge in [0.2, 0.25) is 5.91 Å². The van der Waals surface area contributed by atoms with Crippen molar-refractivity contribution in [2.24, 2.45) is 5.73 Å². The van der Waals surface area contributed by atoms with Gasteiger partial charge in [0.15, 0.2) is 5.43 Å². The van der Waals surface area contributed by atoms with E-state index in [4.69, 9.17) is 10.5 Å². The molecule has 0 atom stereocenters. The van der Waals surface area contributed by atoms with E-state index in [1.807, 2.05) is 0 Å². The van der Waals surface area contributed by atoms with Gasteiger partial charge in [0.05, 0.1) is 6.61 Å². The van der Waals surface area contributed by atoms with Crippen molar-refractivity contribution in [2.45, 2.75) is 0 Å². The minimum Gasteiger partial charge on any atom is -0.370 e. The van der Waals surface area contributed by atoms with Crippen molar-refractivity contribution in [2.75, 3.05) is 19.8 Å². The quantitative estimate of drug-likeness (QED) is 0.530. The minimum atomic E-state index is -0.573. The number of amides is 2. The molecule has 1 heterocycles. The summed E-state index contributed by atoms with van der Waals surface area (Å²) in [6.07, 6.45) is 2.76. The molecule has 0 aliphatic rings. The molecule has 0 bridgehead atoms. The van der Waals surface area contributed by atoms with E-state index < -0.39 is 11.8 Å². The second-order valence-corrected chi connectivity index (χ2v) is 3.20. The molecular formula is C10H13N3O4. The molecule has 0 aliphatic carbocycles. The highest BCUT2D eigenvalue weighted by atomic mass is 16.5. The number of carbonyl (C=O) groups is 2. The van der Waals surface area contributed by atoms with E-state index in [1.165, 1.54) is 18.5 Å². The van der Waals surface area contributed by atoms with E-state index in [-0.39, 0.29) is 30.8 Å². The predicted octanol–water partition coefficient (Wildman–Crippen LogP) is -1.39. The van der Waals surface area contributed by atoms with Crippen molar-refractivity contribution in [3.05, 3.63) is 34.2 Å². The Morgan fingerprint density at radius 3 is 2.88 bits per heavy atom. The van der Waals surface area contributed by atoms with Gasteiger partial charge in [-0.15, -0.1) is 0 Å². The van der Waals surface area contributed by atoms with Crippen molar-refractivity contribution < 1.29 is 14.3 Å². The molecule has 1 aromatic rings. The molecule has 0 saturated carbocycles. The summed E-state index contributed by atoms with van der Waals surface area (Å²) in [5, 5.41) is 2.48. The van der Waals surface area contributed by atoms with E-state index in [9.17, 15) is 14.4 Å². The van der Waals surface area contributed by atoms with Crippen LogP contribution in [0.25, 0.3) is 0 Å². The smallest absolute Gasteiger partial charge is 0.256 e. The van der Waals surface area contributed by atoms with Gasteiger partial charge in [0.1, 0.15) is 12.2 Å². The molecule has 0 unspecified atom stereocenters. The Bertz CT molecular complexity index is 455. The van der Waals surface area contributed by atoms with Crippen LogP contribution in [-0.4, -0.2) is 36.6 Å². The molecule has 0 radical (unpaired) electrons. The monoisotopic (exact) mass is 239 g/mol. The third kappa shape index (κ3) is 4.47. The van der Waals surface area contributed by atoms with Crippen LogP contribution in [0.1, 0.15) is 10.4 Å². The van der Waals surface area contributed by atoms with Crippen molar-refractivity contribution in [1.82, 2.24) is 10.3 Å². The molecule has 0 fully saturated rings. The van der Waals surface area contributed by atoms with Gasteiger partial charge in [0, 0.05) is 25.0 Å². The molecular weight excluding hydrogens is 226 g/mol. The number of nitrogens with two attached hydrogens (primary N) is 1. The van der Waals surface area contributed by atoms with Crippen LogP contribution in [0, 0.1) is 0 Å². The van der Waals surface area contributed by atoms with Crippen molar-refractivity contribution in [3.63, 3.8) is 0 Å². The number of rotatable bonds is 6. The average Bonchev–Trinajstić information content (AvgIpc) is 2.28. The van der Waals surface area contributed by atoms with Gasteiger partial charge in [0.25, 0.3) is 5.91 Å². The van der Waals surface area contributed by atoms with Gasteiger partial charge in [-0.1, -0.05) is 0 Å². The lowest BCUT2D eigenvalue weighted by molar-refractivity contribution is -0.122. The first-order chi connectivity index (χ1) is 8.11. The van der Waals surface area contributed by atoms with Gasteiger partial charge >= 0.3 is 0 Å². The Labute approximate surface area is 97.0 Å². The highest BCUT2D eigenvalue weighted by molar-refractivity contribution is 5.93. The van der Waals surface area contributed by atoms with Crippen LogP contribution in [0.2, 0.25) is 0 Å². The lowest BCUT2D eigenvalue weighted by Crippen LogP contribution is -2.31. The average molecular weight is 239 g/mol. The molecule has 92 valence electrons. The van der Waals surface area contributed by atoms with Crippen LogP contribution >= 0.6 is 0 Å². The summed E-state index contributed by atoms with van der Waals surface area (Å²) in [5.74, 6) is -1.06. The number of hydrogen-bond acceptors (Lipinski definition) is 4. The van der Waals surface area contributed by atoms with Crippen LogP contribution < -0.4 is 16.5 Å². The highest BCUT2D eigenvalue weighted by Crippen LogP contribution is 1.87. The maximum atomic E-state index is 11.5. The fourth-order valence-electron chi connectivity index (χ4n) is 1.10. The van der Waals surface area contributed by atoms with E-state index in [0.717, 1.165) is 0 Å². The topological polar surface area (TPSA) is 114 Å². The molecule has 2 amide bonds. The Morgan fingerprint density at radius 1 is 1.47 bits per heavy atom.